The van der Waals surface area contributed by atoms with Gasteiger partial charge in [0, 0.05) is 0 Å². The molecule has 0 bridgehead atoms. The predicted octanol–water partition coefficient (Wildman–Crippen LogP) is 1.79. The van der Waals surface area contributed by atoms with Crippen LogP contribution in [0.5, 0.6) is 0 Å². The van der Waals surface area contributed by atoms with Gasteiger partial charge in [-0.15, -0.1) is 0 Å². The average Bonchev–Trinajstić information content (AvgIpc) is 2.02. The number of hydrogen-bond donors (Lipinski definition) is 3. The summed E-state index contributed by atoms with van der Waals surface area (Å²) in [6.45, 7) is 4.53. The minimum absolute atomic E-state index is 0.504. The average molecular weight is 200 g/mol. The van der Waals surface area contributed by atoms with Crippen molar-refractivity contribution in [3.63, 3.8) is 0 Å². The third kappa shape index (κ3) is 2.59. The van der Waals surface area contributed by atoms with Gasteiger partial charge in [0.15, 0.2) is 0 Å². The summed E-state index contributed by atoms with van der Waals surface area (Å²) < 4.78 is 0. The molecule has 0 fully saturated rings. The van der Waals surface area contributed by atoms with E-state index in [4.69, 9.17) is 17.4 Å². The molecular formula is C9H14ClN3. The molecule has 0 aliphatic heterocycles. The molecule has 0 spiro atoms. The van der Waals surface area contributed by atoms with Crippen LogP contribution in [0.4, 0.5) is 5.69 Å². The summed E-state index contributed by atoms with van der Waals surface area (Å²) in [6.07, 6.45) is 0. The van der Waals surface area contributed by atoms with Gasteiger partial charge in [0.25, 0.3) is 0 Å². The number of hydrogen-bond acceptors (Lipinski definition) is 3. The second-order valence-corrected chi connectivity index (χ2v) is 3.40. The molecule has 1 aromatic carbocycles. The highest BCUT2D eigenvalue weighted by Crippen LogP contribution is 2.26. The number of nitrogens with two attached hydrogens (primary N) is 1. The molecule has 0 saturated carbocycles. The van der Waals surface area contributed by atoms with Crippen molar-refractivity contribution >= 4 is 17.3 Å². The van der Waals surface area contributed by atoms with Crippen molar-refractivity contribution < 1.29 is 0 Å². The zero-order valence-corrected chi connectivity index (χ0v) is 8.57. The van der Waals surface area contributed by atoms with E-state index in [9.17, 15) is 0 Å². The Balaban J connectivity index is 2.92. The van der Waals surface area contributed by atoms with Crippen LogP contribution < -0.4 is 16.6 Å². The monoisotopic (exact) mass is 199 g/mol. The molecule has 0 heterocycles. The Morgan fingerprint density at radius 1 is 1.38 bits per heavy atom. The van der Waals surface area contributed by atoms with E-state index in [1.807, 2.05) is 19.9 Å². The molecule has 0 saturated heterocycles. The summed E-state index contributed by atoms with van der Waals surface area (Å²) in [5.74, 6) is 5.15. The lowest BCUT2D eigenvalue weighted by Gasteiger charge is -2.11. The first-order valence-corrected chi connectivity index (χ1v) is 4.47. The standard InChI is InChI=1S/C9H14ClN3/c1-6-3-7(2)9(8(10)4-6)12-5-13-11/h3-4,12-13H,5,11H2,1-2H3. The van der Waals surface area contributed by atoms with E-state index >= 15 is 0 Å². The molecule has 0 aliphatic rings. The van der Waals surface area contributed by atoms with E-state index in [1.165, 1.54) is 0 Å². The lowest BCUT2D eigenvalue weighted by Crippen LogP contribution is -2.28. The van der Waals surface area contributed by atoms with Gasteiger partial charge in [-0.05, 0) is 31.0 Å². The van der Waals surface area contributed by atoms with Crippen molar-refractivity contribution in [3.05, 3.63) is 28.3 Å². The maximum atomic E-state index is 6.04. The molecule has 1 aromatic rings. The lowest BCUT2D eigenvalue weighted by atomic mass is 10.1. The number of anilines is 1. The number of benzene rings is 1. The van der Waals surface area contributed by atoms with Gasteiger partial charge in [0.1, 0.15) is 0 Å². The highest BCUT2D eigenvalue weighted by molar-refractivity contribution is 6.33. The molecule has 0 unspecified atom stereocenters. The number of halogens is 1. The van der Waals surface area contributed by atoms with E-state index in [0.717, 1.165) is 21.8 Å². The molecule has 0 aliphatic carbocycles. The van der Waals surface area contributed by atoms with E-state index in [1.54, 1.807) is 0 Å². The van der Waals surface area contributed by atoms with Crippen LogP contribution in [0, 0.1) is 13.8 Å². The predicted molar refractivity (Wildman–Crippen MR) is 56.7 cm³/mol. The fourth-order valence-electron chi connectivity index (χ4n) is 1.28. The molecule has 0 aromatic heterocycles. The fraction of sp³-hybridized carbons (Fsp3) is 0.333. The minimum Gasteiger partial charge on any atom is -0.370 e. The van der Waals surface area contributed by atoms with Gasteiger partial charge in [0.05, 0.1) is 17.4 Å². The Kier molecular flexibility index (Phi) is 3.54. The SMILES string of the molecule is Cc1cc(C)c(NCNN)c(Cl)c1. The molecule has 0 amide bonds. The Hall–Kier alpha value is -0.770. The van der Waals surface area contributed by atoms with Crippen molar-refractivity contribution in [3.8, 4) is 0 Å². The first kappa shape index (κ1) is 10.3. The van der Waals surface area contributed by atoms with Crippen LogP contribution in [0.2, 0.25) is 5.02 Å². The van der Waals surface area contributed by atoms with Gasteiger partial charge < -0.3 is 5.32 Å². The van der Waals surface area contributed by atoms with Crippen molar-refractivity contribution in [1.29, 1.82) is 0 Å². The van der Waals surface area contributed by atoms with E-state index in [0.29, 0.717) is 6.67 Å². The van der Waals surface area contributed by atoms with Crippen LogP contribution in [-0.4, -0.2) is 6.67 Å². The van der Waals surface area contributed by atoms with Gasteiger partial charge in [-0.2, -0.15) is 0 Å². The maximum absolute atomic E-state index is 6.04. The zero-order valence-electron chi connectivity index (χ0n) is 7.82. The molecule has 4 heteroatoms. The van der Waals surface area contributed by atoms with E-state index in [-0.39, 0.29) is 0 Å². The maximum Gasteiger partial charge on any atom is 0.0781 e. The molecule has 4 N–H and O–H groups in total. The molecule has 13 heavy (non-hydrogen) atoms. The summed E-state index contributed by atoms with van der Waals surface area (Å²) in [7, 11) is 0. The Morgan fingerprint density at radius 3 is 2.62 bits per heavy atom. The Morgan fingerprint density at radius 2 is 2.08 bits per heavy atom. The van der Waals surface area contributed by atoms with E-state index in [2.05, 4.69) is 16.8 Å². The second kappa shape index (κ2) is 4.46. The fourth-order valence-corrected chi connectivity index (χ4v) is 1.67. The summed E-state index contributed by atoms with van der Waals surface area (Å²) in [5, 5.41) is 3.82. The van der Waals surface area contributed by atoms with Gasteiger partial charge in [-0.1, -0.05) is 17.7 Å². The zero-order chi connectivity index (χ0) is 9.84. The minimum atomic E-state index is 0.504. The van der Waals surface area contributed by atoms with E-state index < -0.39 is 0 Å². The molecule has 72 valence electrons. The molecule has 1 rings (SSSR count). The van der Waals surface area contributed by atoms with Gasteiger partial charge in [0.2, 0.25) is 0 Å². The van der Waals surface area contributed by atoms with Crippen LogP contribution in [0.3, 0.4) is 0 Å². The Labute approximate surface area is 83.2 Å². The largest absolute Gasteiger partial charge is 0.370 e. The summed E-state index contributed by atoms with van der Waals surface area (Å²) >= 11 is 6.04. The third-order valence-corrected chi connectivity index (χ3v) is 2.10. The molecular weight excluding hydrogens is 186 g/mol. The number of rotatable bonds is 3. The van der Waals surface area contributed by atoms with Crippen LogP contribution in [0.1, 0.15) is 11.1 Å². The normalized spacial score (nSPS) is 10.2. The third-order valence-electron chi connectivity index (χ3n) is 1.80. The van der Waals surface area contributed by atoms with Crippen LogP contribution in [-0.2, 0) is 0 Å². The Bertz CT molecular complexity index is 276. The second-order valence-electron chi connectivity index (χ2n) is 3.00. The van der Waals surface area contributed by atoms with Gasteiger partial charge in [-0.25, -0.2) is 5.43 Å². The van der Waals surface area contributed by atoms with Crippen molar-refractivity contribution in [2.45, 2.75) is 13.8 Å². The lowest BCUT2D eigenvalue weighted by molar-refractivity contribution is 0.789. The first-order valence-electron chi connectivity index (χ1n) is 4.09. The van der Waals surface area contributed by atoms with Gasteiger partial charge in [-0.3, -0.25) is 5.84 Å². The van der Waals surface area contributed by atoms with Gasteiger partial charge >= 0.3 is 0 Å². The topological polar surface area (TPSA) is 50.1 Å². The smallest absolute Gasteiger partial charge is 0.0781 e. The van der Waals surface area contributed by atoms with Crippen LogP contribution >= 0.6 is 11.6 Å². The molecule has 3 nitrogen and oxygen atoms in total. The molecule has 0 atom stereocenters. The number of aryl methyl sites for hydroxylation is 2. The highest BCUT2D eigenvalue weighted by atomic mass is 35.5. The summed E-state index contributed by atoms with van der Waals surface area (Å²) in [5.41, 5.74) is 5.74. The van der Waals surface area contributed by atoms with Crippen LogP contribution in [0.25, 0.3) is 0 Å². The van der Waals surface area contributed by atoms with Crippen molar-refractivity contribution in [2.24, 2.45) is 5.84 Å². The quantitative estimate of drug-likeness (QED) is 0.395. The molecule has 0 radical (unpaired) electrons. The number of nitrogens with one attached hydrogen (secondary N) is 2. The first-order chi connectivity index (χ1) is 6.15. The highest BCUT2D eigenvalue weighted by Gasteiger charge is 2.03. The van der Waals surface area contributed by atoms with Crippen molar-refractivity contribution in [1.82, 2.24) is 5.43 Å². The summed E-state index contributed by atoms with van der Waals surface area (Å²) in [4.78, 5) is 0. The van der Waals surface area contributed by atoms with Crippen molar-refractivity contribution in [2.75, 3.05) is 12.0 Å². The van der Waals surface area contributed by atoms with Crippen LogP contribution in [0.15, 0.2) is 12.1 Å². The summed E-state index contributed by atoms with van der Waals surface area (Å²) in [6, 6.07) is 4.00. The number of hydrazine groups is 1.